The Labute approximate surface area is 125 Å². The molecule has 3 atom stereocenters. The first-order valence-electron chi connectivity index (χ1n) is 7.40. The van der Waals surface area contributed by atoms with Crippen molar-refractivity contribution in [3.8, 4) is 0 Å². The molecule has 1 saturated carbocycles. The first kappa shape index (κ1) is 12.4. The smallest absolute Gasteiger partial charge is 0.0409 e. The van der Waals surface area contributed by atoms with Gasteiger partial charge in [-0.25, -0.2) is 0 Å². The van der Waals surface area contributed by atoms with Crippen LogP contribution in [0.15, 0.2) is 48.5 Å². The molecule has 2 heteroatoms. The second-order valence-electron chi connectivity index (χ2n) is 5.96. The first-order chi connectivity index (χ1) is 9.81. The van der Waals surface area contributed by atoms with Crippen LogP contribution in [0.4, 0.5) is 0 Å². The molecule has 3 unspecified atom stereocenters. The van der Waals surface area contributed by atoms with Gasteiger partial charge in [0.1, 0.15) is 0 Å². The molecule has 0 saturated heterocycles. The van der Waals surface area contributed by atoms with Gasteiger partial charge in [0.05, 0.1) is 0 Å². The lowest BCUT2D eigenvalue weighted by molar-refractivity contribution is 0.521. The molecule has 0 aliphatic heterocycles. The maximum atomic E-state index is 6.14. The molecule has 2 aromatic carbocycles. The van der Waals surface area contributed by atoms with E-state index in [1.807, 2.05) is 6.07 Å². The van der Waals surface area contributed by atoms with E-state index in [1.165, 1.54) is 36.0 Å². The highest BCUT2D eigenvalue weighted by atomic mass is 35.5. The van der Waals surface area contributed by atoms with Crippen LogP contribution in [-0.2, 0) is 6.42 Å². The standard InChI is InChI=1S/C18H18ClN/c19-14-8-6-13-7-9-17(15(13)10-14)20-18-11-16(18)12-4-2-1-3-5-12/h1-6,8,10,16-18,20H,7,9,11H2. The van der Waals surface area contributed by atoms with Gasteiger partial charge in [0.2, 0.25) is 0 Å². The number of nitrogens with one attached hydrogen (secondary N) is 1. The number of hydrogen-bond donors (Lipinski definition) is 1. The van der Waals surface area contributed by atoms with E-state index < -0.39 is 0 Å². The Morgan fingerprint density at radius 3 is 2.75 bits per heavy atom. The summed E-state index contributed by atoms with van der Waals surface area (Å²) in [7, 11) is 0. The summed E-state index contributed by atoms with van der Waals surface area (Å²) in [4.78, 5) is 0. The number of benzene rings is 2. The van der Waals surface area contributed by atoms with Gasteiger partial charge in [-0.3, -0.25) is 0 Å². The summed E-state index contributed by atoms with van der Waals surface area (Å²) in [6.45, 7) is 0. The Hall–Kier alpha value is -1.31. The molecule has 2 aromatic rings. The van der Waals surface area contributed by atoms with Crippen molar-refractivity contribution in [2.45, 2.75) is 37.3 Å². The molecule has 2 aliphatic rings. The summed E-state index contributed by atoms with van der Waals surface area (Å²) in [6.07, 6.45) is 3.64. The summed E-state index contributed by atoms with van der Waals surface area (Å²) in [5.41, 5.74) is 4.34. The van der Waals surface area contributed by atoms with E-state index in [9.17, 15) is 0 Å². The lowest BCUT2D eigenvalue weighted by Gasteiger charge is -2.14. The molecule has 0 heterocycles. The summed E-state index contributed by atoms with van der Waals surface area (Å²) in [5, 5.41) is 4.68. The average Bonchev–Trinajstić information content (AvgIpc) is 3.14. The van der Waals surface area contributed by atoms with E-state index in [0.29, 0.717) is 18.0 Å². The molecule has 4 rings (SSSR count). The van der Waals surface area contributed by atoms with Crippen molar-refractivity contribution in [1.29, 1.82) is 0 Å². The van der Waals surface area contributed by atoms with Gasteiger partial charge in [-0.05, 0) is 48.1 Å². The zero-order chi connectivity index (χ0) is 13.5. The van der Waals surface area contributed by atoms with Gasteiger partial charge >= 0.3 is 0 Å². The van der Waals surface area contributed by atoms with Crippen LogP contribution in [0.2, 0.25) is 5.02 Å². The fraction of sp³-hybridized carbons (Fsp3) is 0.333. The van der Waals surface area contributed by atoms with Gasteiger partial charge in [-0.2, -0.15) is 0 Å². The summed E-state index contributed by atoms with van der Waals surface area (Å²) >= 11 is 6.14. The lowest BCUT2D eigenvalue weighted by Crippen LogP contribution is -2.22. The van der Waals surface area contributed by atoms with E-state index in [2.05, 4.69) is 47.8 Å². The van der Waals surface area contributed by atoms with E-state index in [4.69, 9.17) is 11.6 Å². The molecule has 0 bridgehead atoms. The number of rotatable bonds is 3. The Bertz CT molecular complexity index is 623. The van der Waals surface area contributed by atoms with Crippen LogP contribution >= 0.6 is 11.6 Å². The largest absolute Gasteiger partial charge is 0.307 e. The van der Waals surface area contributed by atoms with E-state index in [-0.39, 0.29) is 0 Å². The molecule has 102 valence electrons. The number of aryl methyl sites for hydroxylation is 1. The highest BCUT2D eigenvalue weighted by molar-refractivity contribution is 6.30. The van der Waals surface area contributed by atoms with Gasteiger partial charge in [0.25, 0.3) is 0 Å². The van der Waals surface area contributed by atoms with Crippen molar-refractivity contribution < 1.29 is 0 Å². The van der Waals surface area contributed by atoms with Crippen LogP contribution < -0.4 is 5.32 Å². The normalized spacial score (nSPS) is 27.4. The van der Waals surface area contributed by atoms with Crippen molar-refractivity contribution in [3.63, 3.8) is 0 Å². The van der Waals surface area contributed by atoms with Crippen LogP contribution in [0, 0.1) is 0 Å². The number of hydrogen-bond acceptors (Lipinski definition) is 1. The Balaban J connectivity index is 1.47. The van der Waals surface area contributed by atoms with Crippen LogP contribution in [0.5, 0.6) is 0 Å². The van der Waals surface area contributed by atoms with Crippen molar-refractivity contribution in [2.75, 3.05) is 0 Å². The topological polar surface area (TPSA) is 12.0 Å². The molecule has 2 aliphatic carbocycles. The average molecular weight is 284 g/mol. The molecular formula is C18H18ClN. The van der Waals surface area contributed by atoms with Crippen molar-refractivity contribution in [1.82, 2.24) is 5.32 Å². The minimum atomic E-state index is 0.488. The Morgan fingerprint density at radius 1 is 1.05 bits per heavy atom. The highest BCUT2D eigenvalue weighted by Gasteiger charge is 2.40. The third kappa shape index (κ3) is 2.25. The minimum Gasteiger partial charge on any atom is -0.307 e. The molecule has 1 nitrogen and oxygen atoms in total. The van der Waals surface area contributed by atoms with Crippen LogP contribution in [-0.4, -0.2) is 6.04 Å². The number of halogens is 1. The molecule has 0 spiro atoms. The van der Waals surface area contributed by atoms with E-state index in [0.717, 1.165) is 5.02 Å². The quantitative estimate of drug-likeness (QED) is 0.876. The van der Waals surface area contributed by atoms with Gasteiger partial charge in [0.15, 0.2) is 0 Å². The van der Waals surface area contributed by atoms with E-state index in [1.54, 1.807) is 0 Å². The maximum Gasteiger partial charge on any atom is 0.0409 e. The summed E-state index contributed by atoms with van der Waals surface area (Å²) in [6, 6.07) is 18.3. The monoisotopic (exact) mass is 283 g/mol. The van der Waals surface area contributed by atoms with Gasteiger partial charge in [-0.15, -0.1) is 0 Å². The van der Waals surface area contributed by atoms with Crippen molar-refractivity contribution in [2.24, 2.45) is 0 Å². The zero-order valence-electron chi connectivity index (χ0n) is 11.4. The predicted molar refractivity (Wildman–Crippen MR) is 83.2 cm³/mol. The van der Waals surface area contributed by atoms with Crippen molar-refractivity contribution in [3.05, 3.63) is 70.2 Å². The van der Waals surface area contributed by atoms with Crippen LogP contribution in [0.1, 0.15) is 41.5 Å². The van der Waals surface area contributed by atoms with Crippen molar-refractivity contribution >= 4 is 11.6 Å². The van der Waals surface area contributed by atoms with Gasteiger partial charge in [0, 0.05) is 23.0 Å². The number of fused-ring (bicyclic) bond motifs is 1. The zero-order valence-corrected chi connectivity index (χ0v) is 12.1. The second kappa shape index (κ2) is 4.91. The molecule has 0 amide bonds. The Kier molecular flexibility index (Phi) is 3.05. The fourth-order valence-corrected chi connectivity index (χ4v) is 3.63. The third-order valence-corrected chi connectivity index (χ3v) is 4.85. The molecule has 0 radical (unpaired) electrons. The molecular weight excluding hydrogens is 266 g/mol. The lowest BCUT2D eigenvalue weighted by atomic mass is 10.1. The molecule has 1 fully saturated rings. The van der Waals surface area contributed by atoms with Crippen LogP contribution in [0.25, 0.3) is 0 Å². The van der Waals surface area contributed by atoms with Crippen LogP contribution in [0.3, 0.4) is 0 Å². The first-order valence-corrected chi connectivity index (χ1v) is 7.78. The fourth-order valence-electron chi connectivity index (χ4n) is 3.45. The van der Waals surface area contributed by atoms with Gasteiger partial charge in [-0.1, -0.05) is 48.0 Å². The summed E-state index contributed by atoms with van der Waals surface area (Å²) < 4.78 is 0. The molecule has 20 heavy (non-hydrogen) atoms. The third-order valence-electron chi connectivity index (χ3n) is 4.62. The van der Waals surface area contributed by atoms with E-state index >= 15 is 0 Å². The maximum absolute atomic E-state index is 6.14. The highest BCUT2D eigenvalue weighted by Crippen LogP contribution is 2.44. The SMILES string of the molecule is Clc1ccc2c(c1)C(NC1CC1c1ccccc1)CC2. The minimum absolute atomic E-state index is 0.488. The van der Waals surface area contributed by atoms with Gasteiger partial charge < -0.3 is 5.32 Å². The molecule has 1 N–H and O–H groups in total. The second-order valence-corrected chi connectivity index (χ2v) is 6.40. The predicted octanol–water partition coefficient (Wildman–Crippen LogP) is 4.47. The Morgan fingerprint density at radius 2 is 1.90 bits per heavy atom. The molecule has 0 aromatic heterocycles. The summed E-state index contributed by atoms with van der Waals surface area (Å²) in [5.74, 6) is 0.694.